The van der Waals surface area contributed by atoms with Gasteiger partial charge in [0, 0.05) is 5.56 Å². The Morgan fingerprint density at radius 2 is 1.80 bits per heavy atom. The Morgan fingerprint density at radius 1 is 0.920 bits per heavy atom. The van der Waals surface area contributed by atoms with Crippen molar-refractivity contribution in [3.8, 4) is 5.95 Å². The largest absolute Gasteiger partial charge is 0.468 e. The molecule has 25 heavy (non-hydrogen) atoms. The third kappa shape index (κ3) is 2.25. The molecule has 0 radical (unpaired) electrons. The number of methoxy groups -OCH3 is 1. The smallest absolute Gasteiger partial charge is 0.287 e. The van der Waals surface area contributed by atoms with E-state index in [0.29, 0.717) is 11.9 Å². The average molecular weight is 328 g/mol. The highest BCUT2D eigenvalue weighted by Gasteiger charge is 2.25. The van der Waals surface area contributed by atoms with E-state index in [9.17, 15) is 0 Å². The van der Waals surface area contributed by atoms with Gasteiger partial charge in [-0.2, -0.15) is 0 Å². The lowest BCUT2D eigenvalue weighted by molar-refractivity contribution is 0.297. The average Bonchev–Trinajstić information content (AvgIpc) is 3.16. The summed E-state index contributed by atoms with van der Waals surface area (Å²) in [6.45, 7) is 0. The van der Waals surface area contributed by atoms with E-state index < -0.39 is 0 Å². The second kappa shape index (κ2) is 5.66. The summed E-state index contributed by atoms with van der Waals surface area (Å²) >= 11 is 0. The number of hydrogen-bond acceptors (Lipinski definition) is 2. The second-order valence-electron chi connectivity index (χ2n) is 6.89. The van der Waals surface area contributed by atoms with Gasteiger partial charge in [-0.15, -0.1) is 0 Å². The number of aryl methyl sites for hydroxylation is 1. The Bertz CT molecular complexity index is 1070. The lowest BCUT2D eigenvalue weighted by atomic mass is 9.78. The van der Waals surface area contributed by atoms with Gasteiger partial charge in [-0.3, -0.25) is 0 Å². The first kappa shape index (κ1) is 14.6. The minimum Gasteiger partial charge on any atom is -0.468 e. The monoisotopic (exact) mass is 328 g/mol. The molecule has 0 bridgehead atoms. The quantitative estimate of drug-likeness (QED) is 0.430. The Morgan fingerprint density at radius 3 is 2.72 bits per heavy atom. The van der Waals surface area contributed by atoms with Crippen LogP contribution in [0.2, 0.25) is 0 Å². The van der Waals surface area contributed by atoms with Gasteiger partial charge < -0.3 is 9.15 Å². The van der Waals surface area contributed by atoms with Crippen molar-refractivity contribution in [2.75, 3.05) is 7.11 Å². The van der Waals surface area contributed by atoms with Crippen molar-refractivity contribution < 1.29 is 9.15 Å². The van der Waals surface area contributed by atoms with E-state index in [4.69, 9.17) is 9.15 Å². The number of hydrogen-bond donors (Lipinski definition) is 0. The molecule has 1 atom stereocenters. The van der Waals surface area contributed by atoms with Crippen LogP contribution in [0.25, 0.3) is 21.5 Å². The number of furan rings is 1. The molecule has 0 saturated heterocycles. The molecule has 0 amide bonds. The maximum atomic E-state index is 5.45. The third-order valence-electron chi connectivity index (χ3n) is 5.63. The van der Waals surface area contributed by atoms with Crippen molar-refractivity contribution in [3.05, 3.63) is 77.6 Å². The summed E-state index contributed by atoms with van der Waals surface area (Å²) in [5.41, 5.74) is 4.18. The first-order chi connectivity index (χ1) is 12.3. The van der Waals surface area contributed by atoms with Gasteiger partial charge >= 0.3 is 0 Å². The molecule has 0 aliphatic heterocycles. The SMILES string of the molecule is COc1occc1C1CCc2c(ccc3c2ccc2ccccc23)C1. The van der Waals surface area contributed by atoms with E-state index >= 15 is 0 Å². The zero-order valence-electron chi connectivity index (χ0n) is 14.3. The predicted octanol–water partition coefficient (Wildman–Crippen LogP) is 5.87. The summed E-state index contributed by atoms with van der Waals surface area (Å²) in [5.74, 6) is 1.14. The minimum atomic E-state index is 0.471. The van der Waals surface area contributed by atoms with Gasteiger partial charge in [0.25, 0.3) is 5.95 Å². The van der Waals surface area contributed by atoms with Gasteiger partial charge in [0.15, 0.2) is 0 Å². The second-order valence-corrected chi connectivity index (χ2v) is 6.89. The van der Waals surface area contributed by atoms with E-state index in [0.717, 1.165) is 19.3 Å². The molecular formula is C23H20O2. The normalized spacial score (nSPS) is 16.9. The van der Waals surface area contributed by atoms with Crippen LogP contribution in [0.5, 0.6) is 5.95 Å². The first-order valence-corrected chi connectivity index (χ1v) is 8.89. The highest BCUT2D eigenvalue weighted by molar-refractivity contribution is 6.08. The molecule has 3 aromatic carbocycles. The zero-order valence-corrected chi connectivity index (χ0v) is 14.3. The van der Waals surface area contributed by atoms with Crippen LogP contribution in [0.1, 0.15) is 29.0 Å². The maximum Gasteiger partial charge on any atom is 0.287 e. The van der Waals surface area contributed by atoms with Crippen molar-refractivity contribution in [1.82, 2.24) is 0 Å². The molecule has 1 aromatic heterocycles. The summed E-state index contributed by atoms with van der Waals surface area (Å²) in [6, 6.07) is 19.9. The Labute approximate surface area is 147 Å². The van der Waals surface area contributed by atoms with E-state index in [-0.39, 0.29) is 0 Å². The highest BCUT2D eigenvalue weighted by atomic mass is 16.6. The summed E-state index contributed by atoms with van der Waals surface area (Å²) in [5, 5.41) is 5.44. The third-order valence-corrected chi connectivity index (χ3v) is 5.63. The van der Waals surface area contributed by atoms with Crippen LogP contribution in [-0.4, -0.2) is 7.11 Å². The van der Waals surface area contributed by atoms with Gasteiger partial charge in [0.1, 0.15) is 0 Å². The highest BCUT2D eigenvalue weighted by Crippen LogP contribution is 2.40. The molecule has 124 valence electrons. The Balaban J connectivity index is 1.61. The standard InChI is InChI=1S/C23H20O2/c1-24-23-20(12-13-25-23)17-7-9-19-16(14-17)8-11-21-18-5-3-2-4-15(18)6-10-22(19)21/h2-6,8,10-13,17H,7,9,14H2,1H3. The van der Waals surface area contributed by atoms with Crippen molar-refractivity contribution in [2.45, 2.75) is 25.2 Å². The fourth-order valence-corrected chi connectivity index (χ4v) is 4.41. The number of fused-ring (bicyclic) bond motifs is 5. The molecule has 1 unspecified atom stereocenters. The van der Waals surface area contributed by atoms with Crippen molar-refractivity contribution in [1.29, 1.82) is 0 Å². The molecule has 0 N–H and O–H groups in total. The van der Waals surface area contributed by atoms with Crippen LogP contribution in [-0.2, 0) is 12.8 Å². The lowest BCUT2D eigenvalue weighted by Gasteiger charge is -2.26. The summed E-state index contributed by atoms with van der Waals surface area (Å²) < 4.78 is 10.8. The van der Waals surface area contributed by atoms with Gasteiger partial charge in [0.05, 0.1) is 13.4 Å². The Hall–Kier alpha value is -2.74. The van der Waals surface area contributed by atoms with Gasteiger partial charge in [-0.1, -0.05) is 48.5 Å². The number of ether oxygens (including phenoxy) is 1. The summed E-state index contributed by atoms with van der Waals surface area (Å²) in [7, 11) is 1.68. The molecule has 0 fully saturated rings. The van der Waals surface area contributed by atoms with Crippen molar-refractivity contribution >= 4 is 21.5 Å². The number of benzene rings is 3. The zero-order chi connectivity index (χ0) is 16.8. The van der Waals surface area contributed by atoms with Crippen LogP contribution >= 0.6 is 0 Å². The summed E-state index contributed by atoms with van der Waals surface area (Å²) in [6.07, 6.45) is 5.02. The maximum absolute atomic E-state index is 5.45. The predicted molar refractivity (Wildman–Crippen MR) is 101 cm³/mol. The van der Waals surface area contributed by atoms with Crippen LogP contribution in [0, 0.1) is 0 Å². The molecule has 0 spiro atoms. The molecule has 1 aliphatic carbocycles. The van der Waals surface area contributed by atoms with Crippen LogP contribution in [0.4, 0.5) is 0 Å². The molecule has 5 rings (SSSR count). The van der Waals surface area contributed by atoms with Crippen LogP contribution < -0.4 is 4.74 Å². The van der Waals surface area contributed by atoms with E-state index in [2.05, 4.69) is 54.6 Å². The first-order valence-electron chi connectivity index (χ1n) is 8.89. The molecule has 4 aromatic rings. The minimum absolute atomic E-state index is 0.471. The molecule has 1 heterocycles. The van der Waals surface area contributed by atoms with Crippen molar-refractivity contribution in [3.63, 3.8) is 0 Å². The fourth-order valence-electron chi connectivity index (χ4n) is 4.41. The molecular weight excluding hydrogens is 308 g/mol. The molecule has 0 saturated carbocycles. The van der Waals surface area contributed by atoms with Crippen LogP contribution in [0.3, 0.4) is 0 Å². The van der Waals surface area contributed by atoms with E-state index in [1.807, 2.05) is 0 Å². The topological polar surface area (TPSA) is 22.4 Å². The van der Waals surface area contributed by atoms with Gasteiger partial charge in [-0.25, -0.2) is 0 Å². The summed E-state index contributed by atoms with van der Waals surface area (Å²) in [4.78, 5) is 0. The molecule has 1 aliphatic rings. The number of rotatable bonds is 2. The van der Waals surface area contributed by atoms with E-state index in [1.165, 1.54) is 38.2 Å². The van der Waals surface area contributed by atoms with E-state index in [1.54, 1.807) is 13.4 Å². The lowest BCUT2D eigenvalue weighted by Crippen LogP contribution is -2.13. The van der Waals surface area contributed by atoms with Gasteiger partial charge in [-0.05, 0) is 63.9 Å². The Kier molecular flexibility index (Phi) is 3.30. The van der Waals surface area contributed by atoms with Crippen LogP contribution in [0.15, 0.2) is 65.3 Å². The molecule has 2 heteroatoms. The van der Waals surface area contributed by atoms with Gasteiger partial charge in [0.2, 0.25) is 0 Å². The molecule has 2 nitrogen and oxygen atoms in total. The van der Waals surface area contributed by atoms with Crippen molar-refractivity contribution in [2.24, 2.45) is 0 Å². The fraction of sp³-hybridized carbons (Fsp3) is 0.217.